The highest BCUT2D eigenvalue weighted by Crippen LogP contribution is 2.45. The summed E-state index contributed by atoms with van der Waals surface area (Å²) in [6.07, 6.45) is 9.16. The number of anilines is 1. The second-order valence-corrected chi connectivity index (χ2v) is 14.5. The van der Waals surface area contributed by atoms with Crippen LogP contribution < -0.4 is 10.2 Å². The summed E-state index contributed by atoms with van der Waals surface area (Å²) in [5.74, 6) is -1.90. The highest BCUT2D eigenvalue weighted by Gasteiger charge is 2.21. The Kier molecular flexibility index (Phi) is 22.6. The van der Waals surface area contributed by atoms with Gasteiger partial charge in [0.15, 0.2) is 15.1 Å². The van der Waals surface area contributed by atoms with Crippen molar-refractivity contribution in [2.45, 2.75) is 58.8 Å². The number of carbonyl (C=O) groups is 2. The SMILES string of the molecule is [C-]#[N+]c1nsc(N=Nc2sc(N(CC)CCOCCOCCOCCOCCCNC(=O)CC(C/C=C/CCCCC)C(=O)O)nc2-c2cccs2)c1[N+]#[C-]. The van der Waals surface area contributed by atoms with Crippen LogP contribution in [0, 0.1) is 19.1 Å². The van der Waals surface area contributed by atoms with E-state index in [2.05, 4.69) is 41.4 Å². The van der Waals surface area contributed by atoms with E-state index in [-0.39, 0.29) is 23.8 Å². The Hall–Kier alpha value is -4.14. The van der Waals surface area contributed by atoms with Gasteiger partial charge in [0.1, 0.15) is 5.69 Å². The molecule has 0 saturated heterocycles. The van der Waals surface area contributed by atoms with Crippen molar-refractivity contribution in [2.24, 2.45) is 16.1 Å². The normalized spacial score (nSPS) is 11.9. The number of azo groups is 1. The quantitative estimate of drug-likeness (QED) is 0.0287. The number of rotatable bonds is 30. The van der Waals surface area contributed by atoms with Gasteiger partial charge in [0, 0.05) is 32.7 Å². The van der Waals surface area contributed by atoms with Crippen molar-refractivity contribution in [1.29, 1.82) is 0 Å². The van der Waals surface area contributed by atoms with Gasteiger partial charge < -0.3 is 39.1 Å². The van der Waals surface area contributed by atoms with Gasteiger partial charge in [-0.05, 0) is 44.1 Å². The number of carboxylic acids is 1. The average molecular weight is 815 g/mol. The van der Waals surface area contributed by atoms with Crippen LogP contribution in [0.3, 0.4) is 0 Å². The summed E-state index contributed by atoms with van der Waals surface area (Å²) in [6, 6.07) is 3.92. The van der Waals surface area contributed by atoms with Gasteiger partial charge in [0.2, 0.25) is 5.91 Å². The maximum Gasteiger partial charge on any atom is 0.307 e. The fraction of sp³-hybridized carbons (Fsp3) is 0.568. The summed E-state index contributed by atoms with van der Waals surface area (Å²) in [4.78, 5) is 38.3. The molecule has 0 saturated carbocycles. The van der Waals surface area contributed by atoms with Crippen molar-refractivity contribution in [1.82, 2.24) is 14.7 Å². The van der Waals surface area contributed by atoms with Gasteiger partial charge in [0.25, 0.3) is 11.5 Å². The van der Waals surface area contributed by atoms with Crippen molar-refractivity contribution in [3.8, 4) is 10.6 Å². The lowest BCUT2D eigenvalue weighted by Crippen LogP contribution is -2.29. The number of nitrogens with zero attached hydrogens (tertiary/aromatic N) is 7. The lowest BCUT2D eigenvalue weighted by Gasteiger charge is -2.19. The van der Waals surface area contributed by atoms with Gasteiger partial charge in [-0.15, -0.1) is 21.6 Å². The lowest BCUT2D eigenvalue weighted by molar-refractivity contribution is -0.143. The molecule has 55 heavy (non-hydrogen) atoms. The first kappa shape index (κ1) is 45.3. The summed E-state index contributed by atoms with van der Waals surface area (Å²) in [5, 5.41) is 24.5. The summed E-state index contributed by atoms with van der Waals surface area (Å²) >= 11 is 3.93. The Morgan fingerprint density at radius 3 is 2.31 bits per heavy atom. The van der Waals surface area contributed by atoms with E-state index in [9.17, 15) is 14.7 Å². The molecule has 0 radical (unpaired) electrons. The summed E-state index contributed by atoms with van der Waals surface area (Å²) < 4.78 is 26.5. The number of likely N-dealkylation sites (N-methyl/N-ethyl adjacent to an activating group) is 1. The van der Waals surface area contributed by atoms with E-state index in [0.717, 1.165) is 47.2 Å². The second kappa shape index (κ2) is 27.4. The fourth-order valence-electron chi connectivity index (χ4n) is 4.86. The zero-order chi connectivity index (χ0) is 39.5. The number of aliphatic carboxylic acids is 1. The molecule has 1 unspecified atom stereocenters. The first-order valence-electron chi connectivity index (χ1n) is 18.3. The smallest absolute Gasteiger partial charge is 0.307 e. The minimum absolute atomic E-state index is 0.0340. The highest BCUT2D eigenvalue weighted by molar-refractivity contribution is 7.20. The Balaban J connectivity index is 1.22. The molecule has 3 aromatic rings. The van der Waals surface area contributed by atoms with Gasteiger partial charge in [-0.25, -0.2) is 9.83 Å². The standard InChI is InChI=1S/C37H50N8O7S3/c1-5-7-8-9-10-11-14-28(36(47)48)27-30(46)40-16-13-18-49-20-22-51-24-25-52-23-21-50-19-17-45(6-2)37-41-31(29-15-12-26-53-29)34(54-37)42-43-35-32(38-3)33(39-4)44-55-35/h10-12,15,26,28H,5-9,13-14,16-25,27H2,1-2H3,(H,40,46)(H,47,48)/b11-10+,43-42?. The van der Waals surface area contributed by atoms with Crippen LogP contribution in [0.25, 0.3) is 20.3 Å². The molecule has 1 amide bonds. The number of thiazole rings is 1. The van der Waals surface area contributed by atoms with E-state index in [4.69, 9.17) is 37.1 Å². The number of ether oxygens (including phenoxy) is 4. The third-order valence-corrected chi connectivity index (χ3v) is 10.4. The van der Waals surface area contributed by atoms with Crippen molar-refractivity contribution >= 4 is 72.7 Å². The van der Waals surface area contributed by atoms with Crippen LogP contribution in [0.1, 0.15) is 58.8 Å². The van der Waals surface area contributed by atoms with Gasteiger partial charge in [-0.1, -0.05) is 60.3 Å². The highest BCUT2D eigenvalue weighted by atomic mass is 32.1. The molecule has 0 bridgehead atoms. The molecule has 0 aliphatic carbocycles. The largest absolute Gasteiger partial charge is 0.481 e. The number of nitrogens with one attached hydrogen (secondary N) is 1. The molecule has 15 nitrogen and oxygen atoms in total. The van der Waals surface area contributed by atoms with Crippen molar-refractivity contribution < 1.29 is 33.6 Å². The van der Waals surface area contributed by atoms with Crippen molar-refractivity contribution in [3.05, 3.63) is 52.5 Å². The Morgan fingerprint density at radius 1 is 0.964 bits per heavy atom. The molecular weight excluding hydrogens is 765 g/mol. The predicted octanol–water partition coefficient (Wildman–Crippen LogP) is 8.86. The number of amides is 1. The van der Waals surface area contributed by atoms with Crippen molar-refractivity contribution in [3.63, 3.8) is 0 Å². The van der Waals surface area contributed by atoms with Crippen LogP contribution in [-0.2, 0) is 28.5 Å². The molecule has 0 spiro atoms. The molecule has 18 heteroatoms. The number of aromatic nitrogens is 2. The molecule has 3 rings (SSSR count). The predicted molar refractivity (Wildman–Crippen MR) is 217 cm³/mol. The number of hydrogen-bond acceptors (Lipinski definition) is 14. The topological polar surface area (TPSA) is 166 Å². The number of hydrogen-bond donors (Lipinski definition) is 2. The summed E-state index contributed by atoms with van der Waals surface area (Å²) in [6.45, 7) is 24.1. The van der Waals surface area contributed by atoms with Crippen LogP contribution in [0.15, 0.2) is 39.9 Å². The maximum absolute atomic E-state index is 12.2. The van der Waals surface area contributed by atoms with E-state index in [0.29, 0.717) is 101 Å². The minimum Gasteiger partial charge on any atom is -0.481 e. The van der Waals surface area contributed by atoms with Crippen LogP contribution in [-0.4, -0.2) is 98.8 Å². The number of carboxylic acid groups (broad SMARTS) is 1. The molecule has 1 atom stereocenters. The van der Waals surface area contributed by atoms with E-state index in [1.54, 1.807) is 11.3 Å². The molecule has 0 aliphatic heterocycles. The average Bonchev–Trinajstić information content (AvgIpc) is 3.96. The Morgan fingerprint density at radius 2 is 1.67 bits per heavy atom. The second-order valence-electron chi connectivity index (χ2n) is 11.9. The zero-order valence-corrected chi connectivity index (χ0v) is 33.9. The molecule has 3 aromatic heterocycles. The maximum atomic E-state index is 12.2. The lowest BCUT2D eigenvalue weighted by atomic mass is 10.0. The van der Waals surface area contributed by atoms with E-state index < -0.39 is 11.9 Å². The fourth-order valence-corrected chi connectivity index (χ4v) is 7.23. The molecule has 0 aliphatic rings. The van der Waals surface area contributed by atoms with Gasteiger partial charge in [-0.3, -0.25) is 9.59 Å². The first-order chi connectivity index (χ1) is 26.9. The van der Waals surface area contributed by atoms with Crippen LogP contribution in [0.2, 0.25) is 0 Å². The monoisotopic (exact) mass is 814 g/mol. The summed E-state index contributed by atoms with van der Waals surface area (Å²) in [7, 11) is 0. The van der Waals surface area contributed by atoms with Gasteiger partial charge >= 0.3 is 5.97 Å². The van der Waals surface area contributed by atoms with Crippen molar-refractivity contribution in [2.75, 3.05) is 77.4 Å². The van der Waals surface area contributed by atoms with Gasteiger partial charge in [0.05, 0.1) is 75.1 Å². The third kappa shape index (κ3) is 17.0. The number of carbonyl (C=O) groups excluding carboxylic acids is 1. The molecular formula is C37H50N8O7S3. The number of unbranched alkanes of at least 4 members (excludes halogenated alkanes) is 3. The molecule has 2 N–H and O–H groups in total. The first-order valence-corrected chi connectivity index (χ1v) is 20.8. The Labute approximate surface area is 335 Å². The third-order valence-electron chi connectivity index (χ3n) is 7.84. The van der Waals surface area contributed by atoms with Crippen LogP contribution in [0.5, 0.6) is 0 Å². The van der Waals surface area contributed by atoms with E-state index in [1.807, 2.05) is 36.6 Å². The Bertz CT molecular complexity index is 1700. The minimum atomic E-state index is -0.954. The van der Waals surface area contributed by atoms with E-state index in [1.165, 1.54) is 11.3 Å². The van der Waals surface area contributed by atoms with Crippen LogP contribution >= 0.6 is 34.2 Å². The number of allylic oxidation sites excluding steroid dienone is 2. The molecule has 298 valence electrons. The van der Waals surface area contributed by atoms with Gasteiger partial charge in [-0.2, -0.15) is 0 Å². The number of thiophene rings is 1. The summed E-state index contributed by atoms with van der Waals surface area (Å²) in [5.41, 5.74) is 0.817. The molecule has 0 aromatic carbocycles. The molecule has 0 fully saturated rings. The molecule has 3 heterocycles. The van der Waals surface area contributed by atoms with E-state index >= 15 is 0 Å². The zero-order valence-electron chi connectivity index (χ0n) is 31.4. The van der Waals surface area contributed by atoms with Crippen LogP contribution in [0.4, 0.5) is 26.6 Å².